The maximum Gasteiger partial charge on any atom is 0.229 e. The number of rotatable bonds is 8. The maximum absolute atomic E-state index is 12.9. The Morgan fingerprint density at radius 1 is 1.10 bits per heavy atom. The summed E-state index contributed by atoms with van der Waals surface area (Å²) in [6.45, 7) is 1.84. The number of benzene rings is 2. The van der Waals surface area contributed by atoms with Crippen LogP contribution in [0.15, 0.2) is 59.8 Å². The maximum atomic E-state index is 12.9. The van der Waals surface area contributed by atoms with E-state index in [0.29, 0.717) is 22.3 Å². The van der Waals surface area contributed by atoms with Crippen molar-refractivity contribution in [2.24, 2.45) is 0 Å². The molecular weight excluding hydrogens is 420 g/mol. The predicted molar refractivity (Wildman–Crippen MR) is 118 cm³/mol. The monoisotopic (exact) mass is 442 g/mol. The van der Waals surface area contributed by atoms with E-state index in [0.717, 1.165) is 30.6 Å². The van der Waals surface area contributed by atoms with Crippen LogP contribution in [0.4, 0.5) is 5.69 Å². The molecule has 0 amide bonds. The summed E-state index contributed by atoms with van der Waals surface area (Å²) in [4.78, 5) is 12.9. The molecule has 0 aliphatic heterocycles. The van der Waals surface area contributed by atoms with E-state index >= 15 is 0 Å². The SMILES string of the molecule is CC(Sc1nnc(C2CC2)n1-c1ccccc1)C(=O)c1ccc(NS(C)(=O)=O)cc1. The summed E-state index contributed by atoms with van der Waals surface area (Å²) < 4.78 is 27.1. The minimum Gasteiger partial charge on any atom is -0.293 e. The molecule has 1 saturated carbocycles. The van der Waals surface area contributed by atoms with Crippen LogP contribution in [0.25, 0.3) is 5.69 Å². The van der Waals surface area contributed by atoms with E-state index in [1.165, 1.54) is 11.8 Å². The molecule has 1 aromatic heterocycles. The molecular formula is C21H22N4O3S2. The van der Waals surface area contributed by atoms with Crippen molar-refractivity contribution in [3.05, 3.63) is 66.0 Å². The second-order valence-electron chi connectivity index (χ2n) is 7.36. The summed E-state index contributed by atoms with van der Waals surface area (Å²) in [5.74, 6) is 1.31. The van der Waals surface area contributed by atoms with Gasteiger partial charge in [0.05, 0.1) is 11.5 Å². The summed E-state index contributed by atoms with van der Waals surface area (Å²) in [5, 5.41) is 9.09. The fraction of sp³-hybridized carbons (Fsp3) is 0.286. The van der Waals surface area contributed by atoms with Gasteiger partial charge in [0.1, 0.15) is 5.82 Å². The number of anilines is 1. The van der Waals surface area contributed by atoms with Crippen molar-refractivity contribution in [3.63, 3.8) is 0 Å². The number of nitrogens with zero attached hydrogens (tertiary/aromatic N) is 3. The Morgan fingerprint density at radius 2 is 1.77 bits per heavy atom. The lowest BCUT2D eigenvalue weighted by Crippen LogP contribution is -2.15. The second kappa shape index (κ2) is 8.23. The average molecular weight is 443 g/mol. The summed E-state index contributed by atoms with van der Waals surface area (Å²) >= 11 is 1.38. The van der Waals surface area contributed by atoms with Crippen LogP contribution >= 0.6 is 11.8 Å². The lowest BCUT2D eigenvalue weighted by Gasteiger charge is -2.13. The van der Waals surface area contributed by atoms with Gasteiger partial charge in [-0.1, -0.05) is 30.0 Å². The Bertz CT molecular complexity index is 1150. The van der Waals surface area contributed by atoms with Crippen LogP contribution in [-0.2, 0) is 10.0 Å². The first-order valence-corrected chi connectivity index (χ1v) is 12.4. The fourth-order valence-corrected chi connectivity index (χ4v) is 4.66. The van der Waals surface area contributed by atoms with Gasteiger partial charge in [-0.3, -0.25) is 14.1 Å². The summed E-state index contributed by atoms with van der Waals surface area (Å²) in [5.41, 5.74) is 1.93. The first-order valence-electron chi connectivity index (χ1n) is 9.61. The molecule has 1 unspecified atom stereocenters. The van der Waals surface area contributed by atoms with E-state index in [1.807, 2.05) is 41.8 Å². The van der Waals surface area contributed by atoms with Crippen LogP contribution in [0.5, 0.6) is 0 Å². The number of hydrogen-bond donors (Lipinski definition) is 1. The molecule has 0 spiro atoms. The van der Waals surface area contributed by atoms with Gasteiger partial charge >= 0.3 is 0 Å². The molecule has 1 aliphatic carbocycles. The van der Waals surface area contributed by atoms with Gasteiger partial charge in [-0.2, -0.15) is 0 Å². The van der Waals surface area contributed by atoms with Gasteiger partial charge in [0.2, 0.25) is 10.0 Å². The molecule has 1 N–H and O–H groups in total. The van der Waals surface area contributed by atoms with E-state index < -0.39 is 10.0 Å². The van der Waals surface area contributed by atoms with Crippen molar-refractivity contribution in [2.45, 2.75) is 36.1 Å². The van der Waals surface area contributed by atoms with E-state index in [9.17, 15) is 13.2 Å². The van der Waals surface area contributed by atoms with E-state index in [1.54, 1.807) is 24.3 Å². The Balaban J connectivity index is 1.54. The molecule has 9 heteroatoms. The molecule has 0 bridgehead atoms. The van der Waals surface area contributed by atoms with E-state index in [4.69, 9.17) is 0 Å². The molecule has 156 valence electrons. The van der Waals surface area contributed by atoms with E-state index in [-0.39, 0.29) is 11.0 Å². The molecule has 1 fully saturated rings. The van der Waals surface area contributed by atoms with Crippen molar-refractivity contribution in [1.82, 2.24) is 14.8 Å². The van der Waals surface area contributed by atoms with Gasteiger partial charge in [-0.05, 0) is 56.2 Å². The lowest BCUT2D eigenvalue weighted by atomic mass is 10.1. The number of thioether (sulfide) groups is 1. The fourth-order valence-electron chi connectivity index (χ4n) is 3.15. The number of hydrogen-bond acceptors (Lipinski definition) is 6. The van der Waals surface area contributed by atoms with Gasteiger partial charge in [0, 0.05) is 22.9 Å². The molecule has 7 nitrogen and oxygen atoms in total. The Morgan fingerprint density at radius 3 is 2.37 bits per heavy atom. The highest BCUT2D eigenvalue weighted by molar-refractivity contribution is 8.00. The van der Waals surface area contributed by atoms with Crippen LogP contribution in [-0.4, -0.2) is 40.5 Å². The van der Waals surface area contributed by atoms with Crippen molar-refractivity contribution >= 4 is 33.3 Å². The van der Waals surface area contributed by atoms with Crippen molar-refractivity contribution in [3.8, 4) is 5.69 Å². The van der Waals surface area contributed by atoms with Crippen LogP contribution < -0.4 is 4.72 Å². The molecule has 1 heterocycles. The van der Waals surface area contributed by atoms with Crippen molar-refractivity contribution in [2.75, 3.05) is 11.0 Å². The zero-order valence-electron chi connectivity index (χ0n) is 16.6. The molecule has 1 aliphatic rings. The molecule has 3 aromatic rings. The predicted octanol–water partition coefficient (Wildman–Crippen LogP) is 3.88. The molecule has 0 saturated heterocycles. The Hall–Kier alpha value is -2.65. The van der Waals surface area contributed by atoms with Gasteiger partial charge in [-0.25, -0.2) is 8.42 Å². The van der Waals surface area contributed by atoms with Crippen LogP contribution in [0, 0.1) is 0 Å². The highest BCUT2D eigenvalue weighted by Crippen LogP contribution is 2.41. The van der Waals surface area contributed by atoms with Gasteiger partial charge in [0.25, 0.3) is 0 Å². The number of para-hydroxylation sites is 1. The summed E-state index contributed by atoms with van der Waals surface area (Å²) in [7, 11) is -3.36. The van der Waals surface area contributed by atoms with Crippen LogP contribution in [0.3, 0.4) is 0 Å². The third-order valence-electron chi connectivity index (χ3n) is 4.74. The molecule has 2 aromatic carbocycles. The number of aromatic nitrogens is 3. The van der Waals surface area contributed by atoms with Gasteiger partial charge in [0.15, 0.2) is 10.9 Å². The molecule has 30 heavy (non-hydrogen) atoms. The average Bonchev–Trinajstić information content (AvgIpc) is 3.48. The number of nitrogens with one attached hydrogen (secondary N) is 1. The first kappa shape index (κ1) is 20.6. The quantitative estimate of drug-likeness (QED) is 0.420. The minimum absolute atomic E-state index is 0.0542. The largest absolute Gasteiger partial charge is 0.293 e. The number of carbonyl (C=O) groups excluding carboxylic acids is 1. The number of carbonyl (C=O) groups is 1. The second-order valence-corrected chi connectivity index (χ2v) is 10.4. The normalized spacial score (nSPS) is 15.0. The minimum atomic E-state index is -3.36. The number of Topliss-reactive ketones (excluding diaryl/α,β-unsaturated/α-hetero) is 1. The highest BCUT2D eigenvalue weighted by Gasteiger charge is 2.32. The first-order chi connectivity index (χ1) is 14.3. The van der Waals surface area contributed by atoms with Crippen molar-refractivity contribution in [1.29, 1.82) is 0 Å². The smallest absolute Gasteiger partial charge is 0.229 e. The standard InChI is InChI=1S/C21H22N4O3S2/c1-14(19(26)15-10-12-17(13-11-15)24-30(2,27)28)29-21-23-22-20(16-8-9-16)25(21)18-6-4-3-5-7-18/h3-7,10-14,16,24H,8-9H2,1-2H3. The topological polar surface area (TPSA) is 93.9 Å². The summed E-state index contributed by atoms with van der Waals surface area (Å²) in [6.07, 6.45) is 3.31. The van der Waals surface area contributed by atoms with Gasteiger partial charge < -0.3 is 0 Å². The summed E-state index contributed by atoms with van der Waals surface area (Å²) in [6, 6.07) is 16.4. The zero-order valence-corrected chi connectivity index (χ0v) is 18.3. The zero-order chi connectivity index (χ0) is 21.3. The number of sulfonamides is 1. The lowest BCUT2D eigenvalue weighted by molar-refractivity contribution is 0.0994. The third kappa shape index (κ3) is 4.73. The molecule has 4 rings (SSSR count). The highest BCUT2D eigenvalue weighted by atomic mass is 32.2. The van der Waals surface area contributed by atoms with Gasteiger partial charge in [-0.15, -0.1) is 10.2 Å². The molecule has 1 atom stereocenters. The third-order valence-corrected chi connectivity index (χ3v) is 6.39. The number of ketones is 1. The van der Waals surface area contributed by atoms with Crippen LogP contribution in [0.2, 0.25) is 0 Å². The van der Waals surface area contributed by atoms with E-state index in [2.05, 4.69) is 14.9 Å². The van der Waals surface area contributed by atoms with Crippen molar-refractivity contribution < 1.29 is 13.2 Å². The molecule has 0 radical (unpaired) electrons. The Kier molecular flexibility index (Phi) is 5.66. The Labute approximate surface area is 180 Å². The van der Waals surface area contributed by atoms with Crippen LogP contribution in [0.1, 0.15) is 41.9 Å².